The summed E-state index contributed by atoms with van der Waals surface area (Å²) in [6, 6.07) is 12.6. The van der Waals surface area contributed by atoms with Crippen LogP contribution in [0.4, 0.5) is 5.69 Å². The molecule has 0 atom stereocenters. The normalized spacial score (nSPS) is 10.8. The SMILES string of the molecule is CC(C)NC(=O)c1cccc(NC(=O)COc2ccc(Br)cc2C(C)C)c1. The maximum Gasteiger partial charge on any atom is 0.262 e. The summed E-state index contributed by atoms with van der Waals surface area (Å²) in [5.41, 5.74) is 2.09. The van der Waals surface area contributed by atoms with E-state index in [-0.39, 0.29) is 30.4 Å². The largest absolute Gasteiger partial charge is 0.483 e. The van der Waals surface area contributed by atoms with Crippen LogP contribution in [0.1, 0.15) is 49.5 Å². The third kappa shape index (κ3) is 6.40. The molecule has 0 radical (unpaired) electrons. The van der Waals surface area contributed by atoms with E-state index >= 15 is 0 Å². The van der Waals surface area contributed by atoms with Gasteiger partial charge in [0.2, 0.25) is 0 Å². The molecule has 0 bridgehead atoms. The zero-order valence-electron chi connectivity index (χ0n) is 16.0. The number of carbonyl (C=O) groups is 2. The first-order valence-corrected chi connectivity index (χ1v) is 9.68. The fourth-order valence-electron chi connectivity index (χ4n) is 2.53. The van der Waals surface area contributed by atoms with E-state index in [4.69, 9.17) is 4.74 Å². The van der Waals surface area contributed by atoms with Crippen LogP contribution in [0, 0.1) is 0 Å². The molecule has 144 valence electrons. The number of anilines is 1. The van der Waals surface area contributed by atoms with E-state index in [9.17, 15) is 9.59 Å². The van der Waals surface area contributed by atoms with E-state index < -0.39 is 0 Å². The van der Waals surface area contributed by atoms with Gasteiger partial charge in [0, 0.05) is 21.8 Å². The van der Waals surface area contributed by atoms with Crippen molar-refractivity contribution in [3.05, 3.63) is 58.1 Å². The van der Waals surface area contributed by atoms with Gasteiger partial charge in [-0.15, -0.1) is 0 Å². The minimum atomic E-state index is -0.283. The molecule has 2 aromatic carbocycles. The molecule has 2 N–H and O–H groups in total. The molecule has 0 fully saturated rings. The van der Waals surface area contributed by atoms with Crippen molar-refractivity contribution in [3.63, 3.8) is 0 Å². The van der Waals surface area contributed by atoms with Crippen LogP contribution in [0.2, 0.25) is 0 Å². The van der Waals surface area contributed by atoms with Crippen molar-refractivity contribution < 1.29 is 14.3 Å². The van der Waals surface area contributed by atoms with Gasteiger partial charge < -0.3 is 15.4 Å². The topological polar surface area (TPSA) is 67.4 Å². The van der Waals surface area contributed by atoms with Crippen LogP contribution in [-0.2, 0) is 4.79 Å². The van der Waals surface area contributed by atoms with E-state index in [2.05, 4.69) is 40.4 Å². The molecule has 0 saturated carbocycles. The van der Waals surface area contributed by atoms with Gasteiger partial charge in [0.15, 0.2) is 6.61 Å². The second-order valence-electron chi connectivity index (χ2n) is 6.88. The minimum absolute atomic E-state index is 0.0465. The number of hydrogen-bond donors (Lipinski definition) is 2. The first kappa shape index (κ1) is 21.0. The van der Waals surface area contributed by atoms with Crippen LogP contribution in [0.5, 0.6) is 5.75 Å². The summed E-state index contributed by atoms with van der Waals surface area (Å²) in [7, 11) is 0. The fraction of sp³-hybridized carbons (Fsp3) is 0.333. The third-order valence-corrected chi connectivity index (χ3v) is 4.27. The highest BCUT2D eigenvalue weighted by molar-refractivity contribution is 9.10. The maximum absolute atomic E-state index is 12.2. The lowest BCUT2D eigenvalue weighted by atomic mass is 10.0. The van der Waals surface area contributed by atoms with E-state index in [1.165, 1.54) is 0 Å². The predicted octanol–water partition coefficient (Wildman–Crippen LogP) is 4.73. The minimum Gasteiger partial charge on any atom is -0.483 e. The van der Waals surface area contributed by atoms with Gasteiger partial charge in [-0.2, -0.15) is 0 Å². The molecule has 0 heterocycles. The van der Waals surface area contributed by atoms with E-state index in [1.807, 2.05) is 32.0 Å². The Balaban J connectivity index is 2.00. The molecular weight excluding hydrogens is 408 g/mol. The molecule has 0 unspecified atom stereocenters. The number of halogens is 1. The van der Waals surface area contributed by atoms with Crippen molar-refractivity contribution in [3.8, 4) is 5.75 Å². The predicted molar refractivity (Wildman–Crippen MR) is 111 cm³/mol. The number of benzene rings is 2. The number of carbonyl (C=O) groups excluding carboxylic acids is 2. The van der Waals surface area contributed by atoms with E-state index in [1.54, 1.807) is 24.3 Å². The number of nitrogens with one attached hydrogen (secondary N) is 2. The van der Waals surface area contributed by atoms with Crippen molar-refractivity contribution >= 4 is 33.4 Å². The summed E-state index contributed by atoms with van der Waals surface area (Å²) in [6.07, 6.45) is 0. The molecule has 0 aliphatic rings. The van der Waals surface area contributed by atoms with Crippen LogP contribution in [-0.4, -0.2) is 24.5 Å². The molecule has 6 heteroatoms. The first-order chi connectivity index (χ1) is 12.8. The number of rotatable bonds is 7. The standard InChI is InChI=1S/C21H25BrN2O3/c1-13(2)18-11-16(22)8-9-19(18)27-12-20(25)24-17-7-5-6-15(10-17)21(26)23-14(3)4/h5-11,13-14H,12H2,1-4H3,(H,23,26)(H,24,25). The average Bonchev–Trinajstić information content (AvgIpc) is 2.60. The Hall–Kier alpha value is -2.34. The summed E-state index contributed by atoms with van der Waals surface area (Å²) in [4.78, 5) is 24.3. The highest BCUT2D eigenvalue weighted by Crippen LogP contribution is 2.29. The van der Waals surface area contributed by atoms with Crippen LogP contribution >= 0.6 is 15.9 Å². The zero-order chi connectivity index (χ0) is 20.0. The van der Waals surface area contributed by atoms with Crippen LogP contribution < -0.4 is 15.4 Å². The lowest BCUT2D eigenvalue weighted by molar-refractivity contribution is -0.118. The molecule has 5 nitrogen and oxygen atoms in total. The maximum atomic E-state index is 12.2. The van der Waals surface area contributed by atoms with Crippen molar-refractivity contribution in [2.24, 2.45) is 0 Å². The molecule has 0 aliphatic heterocycles. The van der Waals surface area contributed by atoms with Gasteiger partial charge in [-0.05, 0) is 61.7 Å². The van der Waals surface area contributed by atoms with Gasteiger partial charge >= 0.3 is 0 Å². The van der Waals surface area contributed by atoms with Gasteiger partial charge in [-0.1, -0.05) is 35.8 Å². The molecule has 2 amide bonds. The number of hydrogen-bond acceptors (Lipinski definition) is 3. The molecule has 0 aliphatic carbocycles. The molecule has 0 spiro atoms. The van der Waals surface area contributed by atoms with Crippen LogP contribution in [0.25, 0.3) is 0 Å². The summed E-state index contributed by atoms with van der Waals surface area (Å²) in [6.45, 7) is 7.83. The van der Waals surface area contributed by atoms with Crippen molar-refractivity contribution in [2.75, 3.05) is 11.9 Å². The number of ether oxygens (including phenoxy) is 1. The first-order valence-electron chi connectivity index (χ1n) is 8.89. The monoisotopic (exact) mass is 432 g/mol. The van der Waals surface area contributed by atoms with Crippen molar-refractivity contribution in [2.45, 2.75) is 39.7 Å². The van der Waals surface area contributed by atoms with Crippen molar-refractivity contribution in [1.82, 2.24) is 5.32 Å². The van der Waals surface area contributed by atoms with E-state index in [0.29, 0.717) is 17.0 Å². The Morgan fingerprint density at radius 1 is 1.07 bits per heavy atom. The van der Waals surface area contributed by atoms with Gasteiger partial charge in [0.1, 0.15) is 5.75 Å². The van der Waals surface area contributed by atoms with Gasteiger partial charge in [0.25, 0.3) is 11.8 Å². The van der Waals surface area contributed by atoms with Gasteiger partial charge in [-0.3, -0.25) is 9.59 Å². The van der Waals surface area contributed by atoms with Gasteiger partial charge in [0.05, 0.1) is 0 Å². The highest BCUT2D eigenvalue weighted by Gasteiger charge is 2.12. The Kier molecular flexibility index (Phi) is 7.42. The van der Waals surface area contributed by atoms with Crippen LogP contribution in [0.15, 0.2) is 46.9 Å². The fourth-order valence-corrected chi connectivity index (χ4v) is 2.90. The Morgan fingerprint density at radius 3 is 2.48 bits per heavy atom. The molecule has 2 aromatic rings. The third-order valence-electron chi connectivity index (χ3n) is 3.78. The molecule has 27 heavy (non-hydrogen) atoms. The second kappa shape index (κ2) is 9.55. The summed E-state index contributed by atoms with van der Waals surface area (Å²) >= 11 is 3.45. The molecule has 2 rings (SSSR count). The Labute approximate surface area is 168 Å². The van der Waals surface area contributed by atoms with Gasteiger partial charge in [-0.25, -0.2) is 0 Å². The molecular formula is C21H25BrN2O3. The smallest absolute Gasteiger partial charge is 0.262 e. The lowest BCUT2D eigenvalue weighted by Crippen LogP contribution is -2.30. The summed E-state index contributed by atoms with van der Waals surface area (Å²) < 4.78 is 6.68. The summed E-state index contributed by atoms with van der Waals surface area (Å²) in [5, 5.41) is 5.60. The highest BCUT2D eigenvalue weighted by atomic mass is 79.9. The van der Waals surface area contributed by atoms with Crippen LogP contribution in [0.3, 0.4) is 0 Å². The second-order valence-corrected chi connectivity index (χ2v) is 7.80. The molecule has 0 saturated heterocycles. The van der Waals surface area contributed by atoms with E-state index in [0.717, 1.165) is 10.0 Å². The quantitative estimate of drug-likeness (QED) is 0.664. The Morgan fingerprint density at radius 2 is 1.81 bits per heavy atom. The zero-order valence-corrected chi connectivity index (χ0v) is 17.6. The number of amides is 2. The lowest BCUT2D eigenvalue weighted by Gasteiger charge is -2.14. The average molecular weight is 433 g/mol. The molecule has 0 aromatic heterocycles. The van der Waals surface area contributed by atoms with Crippen molar-refractivity contribution in [1.29, 1.82) is 0 Å². The Bertz CT molecular complexity index is 819. The summed E-state index contributed by atoms with van der Waals surface area (Å²) in [5.74, 6) is 0.507.